The number of aromatic carboxylic acids is 1. The minimum atomic E-state index is -1.05. The smallest absolute Gasteiger partial charge is 0.352 e. The maximum Gasteiger partial charge on any atom is 0.352 e. The minimum Gasteiger partial charge on any atom is -0.497 e. The molecule has 0 aliphatic rings. The Morgan fingerprint density at radius 2 is 2.05 bits per heavy atom. The number of methoxy groups -OCH3 is 1. The number of ether oxygens (including phenoxy) is 1. The van der Waals surface area contributed by atoms with Gasteiger partial charge in [0, 0.05) is 25.2 Å². The Balaban J connectivity index is 2.19. The van der Waals surface area contributed by atoms with Gasteiger partial charge in [-0.05, 0) is 23.8 Å². The Kier molecular flexibility index (Phi) is 3.89. The number of aromatic nitrogens is 1. The zero-order chi connectivity index (χ0) is 14.7. The summed E-state index contributed by atoms with van der Waals surface area (Å²) in [5.74, 6) is -0.483. The van der Waals surface area contributed by atoms with E-state index in [9.17, 15) is 9.59 Å². The molecule has 0 fully saturated rings. The summed E-state index contributed by atoms with van der Waals surface area (Å²) in [4.78, 5) is 23.1. The molecule has 0 spiro atoms. The van der Waals surface area contributed by atoms with Crippen molar-refractivity contribution in [1.82, 2.24) is 4.57 Å². The summed E-state index contributed by atoms with van der Waals surface area (Å²) in [7, 11) is 3.17. The highest BCUT2D eigenvalue weighted by Gasteiger charge is 2.15. The highest BCUT2D eigenvalue weighted by molar-refractivity contribution is 5.99. The summed E-state index contributed by atoms with van der Waals surface area (Å²) < 4.78 is 6.54. The second-order valence-electron chi connectivity index (χ2n) is 4.48. The van der Waals surface area contributed by atoms with Gasteiger partial charge in [-0.2, -0.15) is 0 Å². The summed E-state index contributed by atoms with van der Waals surface area (Å²) in [6, 6.07) is 8.64. The fraction of sp³-hybridized carbons (Fsp3) is 0.200. The fourth-order valence-electron chi connectivity index (χ4n) is 2.00. The van der Waals surface area contributed by atoms with Crippen molar-refractivity contribution in [2.45, 2.75) is 6.42 Å². The summed E-state index contributed by atoms with van der Waals surface area (Å²) in [5, 5.41) is 8.97. The summed E-state index contributed by atoms with van der Waals surface area (Å²) in [5.41, 5.74) is 1.32. The zero-order valence-electron chi connectivity index (χ0n) is 11.3. The molecule has 2 rings (SSSR count). The highest BCUT2D eigenvalue weighted by atomic mass is 16.5. The predicted molar refractivity (Wildman–Crippen MR) is 73.4 cm³/mol. The highest BCUT2D eigenvalue weighted by Crippen LogP contribution is 2.16. The van der Waals surface area contributed by atoms with Crippen LogP contribution in [0.4, 0.5) is 0 Å². The first kappa shape index (κ1) is 13.9. The van der Waals surface area contributed by atoms with Gasteiger partial charge in [0.25, 0.3) is 0 Å². The molecule has 1 heterocycles. The van der Waals surface area contributed by atoms with Crippen LogP contribution < -0.4 is 4.74 Å². The Morgan fingerprint density at radius 1 is 1.30 bits per heavy atom. The standard InChI is InChI=1S/C15H15NO4/c1-16-9-11(8-13(16)15(18)19)14(17)7-10-4-3-5-12(6-10)20-2/h3-6,8-9H,7H2,1-2H3,(H,18,19). The van der Waals surface area contributed by atoms with Gasteiger partial charge in [-0.15, -0.1) is 0 Å². The molecule has 20 heavy (non-hydrogen) atoms. The van der Waals surface area contributed by atoms with Gasteiger partial charge in [-0.1, -0.05) is 12.1 Å². The number of hydrogen-bond donors (Lipinski definition) is 1. The lowest BCUT2D eigenvalue weighted by molar-refractivity contribution is 0.0686. The summed E-state index contributed by atoms with van der Waals surface area (Å²) >= 11 is 0. The largest absolute Gasteiger partial charge is 0.497 e. The average molecular weight is 273 g/mol. The number of carboxylic acids is 1. The van der Waals surface area contributed by atoms with E-state index in [0.717, 1.165) is 5.56 Å². The van der Waals surface area contributed by atoms with Crippen molar-refractivity contribution in [2.24, 2.45) is 7.05 Å². The molecule has 1 aromatic carbocycles. The van der Waals surface area contributed by atoms with E-state index in [-0.39, 0.29) is 17.9 Å². The van der Waals surface area contributed by atoms with Crippen LogP contribution in [0.25, 0.3) is 0 Å². The lowest BCUT2D eigenvalue weighted by atomic mass is 10.0. The second-order valence-corrected chi connectivity index (χ2v) is 4.48. The topological polar surface area (TPSA) is 68.5 Å². The van der Waals surface area contributed by atoms with Gasteiger partial charge >= 0.3 is 5.97 Å². The molecule has 0 amide bonds. The average Bonchev–Trinajstić information content (AvgIpc) is 2.81. The van der Waals surface area contributed by atoms with Crippen LogP contribution >= 0.6 is 0 Å². The minimum absolute atomic E-state index is 0.0963. The molecule has 5 heteroatoms. The van der Waals surface area contributed by atoms with E-state index in [1.807, 2.05) is 12.1 Å². The lowest BCUT2D eigenvalue weighted by Gasteiger charge is -2.03. The van der Waals surface area contributed by atoms with Crippen LogP contribution in [-0.4, -0.2) is 28.5 Å². The molecule has 0 aliphatic carbocycles. The number of rotatable bonds is 5. The van der Waals surface area contributed by atoms with E-state index < -0.39 is 5.97 Å². The van der Waals surface area contributed by atoms with Gasteiger partial charge in [-0.3, -0.25) is 4.79 Å². The third-order valence-corrected chi connectivity index (χ3v) is 3.04. The van der Waals surface area contributed by atoms with Crippen molar-refractivity contribution in [3.8, 4) is 5.75 Å². The summed E-state index contributed by atoms with van der Waals surface area (Å²) in [6.07, 6.45) is 1.74. The maximum atomic E-state index is 12.2. The molecule has 0 bridgehead atoms. The zero-order valence-corrected chi connectivity index (χ0v) is 11.3. The molecule has 0 saturated carbocycles. The number of carbonyl (C=O) groups is 2. The third kappa shape index (κ3) is 2.88. The lowest BCUT2D eigenvalue weighted by Crippen LogP contribution is -2.02. The molecule has 0 aliphatic heterocycles. The predicted octanol–water partition coefficient (Wildman–Crippen LogP) is 2.16. The van der Waals surface area contributed by atoms with Gasteiger partial charge in [0.2, 0.25) is 0 Å². The van der Waals surface area contributed by atoms with E-state index in [4.69, 9.17) is 9.84 Å². The fourth-order valence-corrected chi connectivity index (χ4v) is 2.00. The Labute approximate surface area is 116 Å². The van der Waals surface area contributed by atoms with Gasteiger partial charge in [-0.25, -0.2) is 4.79 Å². The maximum absolute atomic E-state index is 12.2. The molecule has 0 saturated heterocycles. The van der Waals surface area contributed by atoms with Gasteiger partial charge in [0.1, 0.15) is 11.4 Å². The molecule has 0 atom stereocenters. The summed E-state index contributed by atoms with van der Waals surface area (Å²) in [6.45, 7) is 0. The molecule has 104 valence electrons. The number of nitrogens with zero attached hydrogens (tertiary/aromatic N) is 1. The molecule has 0 radical (unpaired) electrons. The van der Waals surface area contributed by atoms with Crippen LogP contribution in [0.15, 0.2) is 36.5 Å². The van der Waals surface area contributed by atoms with Crippen molar-refractivity contribution in [3.05, 3.63) is 53.3 Å². The SMILES string of the molecule is COc1cccc(CC(=O)c2cc(C(=O)O)n(C)c2)c1. The third-order valence-electron chi connectivity index (χ3n) is 3.04. The number of ketones is 1. The van der Waals surface area contributed by atoms with Crippen LogP contribution in [-0.2, 0) is 13.5 Å². The van der Waals surface area contributed by atoms with E-state index in [1.165, 1.54) is 16.8 Å². The first-order chi connectivity index (χ1) is 9.51. The van der Waals surface area contributed by atoms with Crippen LogP contribution in [0.2, 0.25) is 0 Å². The van der Waals surface area contributed by atoms with Crippen molar-refractivity contribution in [3.63, 3.8) is 0 Å². The molecule has 2 aromatic rings. The van der Waals surface area contributed by atoms with Gasteiger partial charge in [0.15, 0.2) is 5.78 Å². The number of benzene rings is 1. The first-order valence-electron chi connectivity index (χ1n) is 6.07. The Bertz CT molecular complexity index is 658. The van der Waals surface area contributed by atoms with Crippen LogP contribution in [0.3, 0.4) is 0 Å². The second kappa shape index (κ2) is 5.61. The van der Waals surface area contributed by atoms with Crippen molar-refractivity contribution in [2.75, 3.05) is 7.11 Å². The van der Waals surface area contributed by atoms with Crippen molar-refractivity contribution >= 4 is 11.8 Å². The molecule has 1 N–H and O–H groups in total. The molecule has 0 unspecified atom stereocenters. The number of hydrogen-bond acceptors (Lipinski definition) is 3. The van der Waals surface area contributed by atoms with Gasteiger partial charge in [0.05, 0.1) is 7.11 Å². The molecule has 1 aromatic heterocycles. The van der Waals surface area contributed by atoms with E-state index in [0.29, 0.717) is 11.3 Å². The number of aryl methyl sites for hydroxylation is 1. The van der Waals surface area contributed by atoms with Crippen LogP contribution in [0.5, 0.6) is 5.75 Å². The van der Waals surface area contributed by atoms with Crippen molar-refractivity contribution < 1.29 is 19.4 Å². The Hall–Kier alpha value is -2.56. The first-order valence-corrected chi connectivity index (χ1v) is 6.07. The normalized spacial score (nSPS) is 10.3. The van der Waals surface area contributed by atoms with E-state index in [2.05, 4.69) is 0 Å². The molecule has 5 nitrogen and oxygen atoms in total. The van der Waals surface area contributed by atoms with Gasteiger partial charge < -0.3 is 14.4 Å². The van der Waals surface area contributed by atoms with E-state index in [1.54, 1.807) is 26.3 Å². The Morgan fingerprint density at radius 3 is 2.65 bits per heavy atom. The molecular weight excluding hydrogens is 258 g/mol. The van der Waals surface area contributed by atoms with E-state index >= 15 is 0 Å². The number of Topliss-reactive ketones (excluding diaryl/α,β-unsaturated/α-hetero) is 1. The number of carbonyl (C=O) groups excluding carboxylic acids is 1. The van der Waals surface area contributed by atoms with Crippen LogP contribution in [0, 0.1) is 0 Å². The van der Waals surface area contributed by atoms with Crippen molar-refractivity contribution in [1.29, 1.82) is 0 Å². The monoisotopic (exact) mass is 273 g/mol. The van der Waals surface area contributed by atoms with Crippen LogP contribution in [0.1, 0.15) is 26.4 Å². The quantitative estimate of drug-likeness (QED) is 0.848. The molecular formula is C15H15NO4. The number of carboxylic acid groups (broad SMARTS) is 1.